The minimum Gasteiger partial charge on any atom is -0.369 e. The summed E-state index contributed by atoms with van der Waals surface area (Å²) in [7, 11) is 0. The minimum atomic E-state index is -0.524. The van der Waals surface area contributed by atoms with Gasteiger partial charge < -0.3 is 4.90 Å². The number of carbonyl (C=O) groups is 3. The fourth-order valence-corrected chi connectivity index (χ4v) is 4.66. The van der Waals surface area contributed by atoms with Crippen molar-refractivity contribution in [3.8, 4) is 0 Å². The van der Waals surface area contributed by atoms with Gasteiger partial charge in [-0.3, -0.25) is 19.3 Å². The summed E-state index contributed by atoms with van der Waals surface area (Å²) < 4.78 is 13.6. The maximum atomic E-state index is 13.6. The quantitative estimate of drug-likeness (QED) is 0.434. The number of nitrogens with zero attached hydrogens (tertiary/aromatic N) is 3. The number of amides is 2. The van der Waals surface area contributed by atoms with Crippen LogP contribution in [0.5, 0.6) is 0 Å². The van der Waals surface area contributed by atoms with Crippen molar-refractivity contribution in [3.63, 3.8) is 0 Å². The summed E-state index contributed by atoms with van der Waals surface area (Å²) in [6, 6.07) is 21.8. The van der Waals surface area contributed by atoms with Crippen LogP contribution in [0.15, 0.2) is 78.9 Å². The number of benzene rings is 3. The van der Waals surface area contributed by atoms with E-state index < -0.39 is 11.9 Å². The molecule has 2 aliphatic rings. The van der Waals surface area contributed by atoms with Crippen molar-refractivity contribution >= 4 is 29.0 Å². The summed E-state index contributed by atoms with van der Waals surface area (Å²) >= 11 is 0. The highest BCUT2D eigenvalue weighted by atomic mass is 19.1. The number of imide groups is 1. The van der Waals surface area contributed by atoms with Gasteiger partial charge in [0.05, 0.1) is 18.2 Å². The third-order valence-corrected chi connectivity index (χ3v) is 6.47. The number of anilines is 2. The van der Waals surface area contributed by atoms with Gasteiger partial charge in [-0.15, -0.1) is 0 Å². The predicted molar refractivity (Wildman–Crippen MR) is 127 cm³/mol. The van der Waals surface area contributed by atoms with E-state index in [4.69, 9.17) is 0 Å². The van der Waals surface area contributed by atoms with Crippen molar-refractivity contribution in [1.82, 2.24) is 4.90 Å². The van der Waals surface area contributed by atoms with Crippen LogP contribution in [0.3, 0.4) is 0 Å². The second-order valence-corrected chi connectivity index (χ2v) is 8.53. The second kappa shape index (κ2) is 9.19. The number of hydrogen-bond donors (Lipinski definition) is 0. The molecule has 7 heteroatoms. The average molecular weight is 458 g/mol. The molecule has 172 valence electrons. The van der Waals surface area contributed by atoms with Gasteiger partial charge >= 0.3 is 0 Å². The van der Waals surface area contributed by atoms with Crippen molar-refractivity contribution in [2.45, 2.75) is 12.5 Å². The van der Waals surface area contributed by atoms with E-state index in [-0.39, 0.29) is 29.7 Å². The molecule has 2 aliphatic heterocycles. The topological polar surface area (TPSA) is 60.9 Å². The lowest BCUT2D eigenvalue weighted by molar-refractivity contribution is -0.123. The maximum Gasteiger partial charge on any atom is 0.251 e. The summed E-state index contributed by atoms with van der Waals surface area (Å²) in [5.41, 5.74) is 2.59. The summed E-state index contributed by atoms with van der Waals surface area (Å²) in [6.07, 6.45) is 0.103. The van der Waals surface area contributed by atoms with Gasteiger partial charge in [0.15, 0.2) is 5.78 Å². The number of halogens is 1. The van der Waals surface area contributed by atoms with E-state index in [9.17, 15) is 18.8 Å². The number of hydrogen-bond acceptors (Lipinski definition) is 5. The maximum absolute atomic E-state index is 13.6. The van der Waals surface area contributed by atoms with Crippen LogP contribution in [0.2, 0.25) is 0 Å². The first-order chi connectivity index (χ1) is 16.5. The number of ketones is 1. The Morgan fingerprint density at radius 1 is 0.765 bits per heavy atom. The van der Waals surface area contributed by atoms with Gasteiger partial charge in [0.25, 0.3) is 5.91 Å². The number of rotatable bonds is 5. The molecule has 0 aliphatic carbocycles. The molecule has 0 bridgehead atoms. The highest BCUT2D eigenvalue weighted by Gasteiger charge is 2.43. The van der Waals surface area contributed by atoms with Gasteiger partial charge in [-0.25, -0.2) is 9.29 Å². The number of carbonyl (C=O) groups excluding carboxylic acids is 3. The molecule has 5 rings (SSSR count). The molecular formula is C27H24FN3O3. The van der Waals surface area contributed by atoms with E-state index in [1.165, 1.54) is 18.2 Å². The molecule has 2 saturated heterocycles. The van der Waals surface area contributed by atoms with Gasteiger partial charge in [-0.1, -0.05) is 36.4 Å². The highest BCUT2D eigenvalue weighted by molar-refractivity contribution is 6.22. The van der Waals surface area contributed by atoms with Crippen LogP contribution in [0.4, 0.5) is 15.8 Å². The highest BCUT2D eigenvalue weighted by Crippen LogP contribution is 2.27. The summed E-state index contributed by atoms with van der Waals surface area (Å²) in [6.45, 7) is 2.66. The summed E-state index contributed by atoms with van der Waals surface area (Å²) in [5, 5.41) is 0. The van der Waals surface area contributed by atoms with Crippen LogP contribution in [0.1, 0.15) is 22.3 Å². The lowest BCUT2D eigenvalue weighted by Crippen LogP contribution is -2.52. The summed E-state index contributed by atoms with van der Waals surface area (Å²) in [5.74, 6) is -1.09. The Morgan fingerprint density at radius 2 is 1.44 bits per heavy atom. The Balaban J connectivity index is 1.22. The Bertz CT molecular complexity index is 1220. The first kappa shape index (κ1) is 22.0. The molecule has 1 atom stereocenters. The molecule has 0 N–H and O–H groups in total. The zero-order valence-electron chi connectivity index (χ0n) is 18.6. The Labute approximate surface area is 197 Å². The normalized spacial score (nSPS) is 19.0. The smallest absolute Gasteiger partial charge is 0.251 e. The molecule has 2 heterocycles. The molecular weight excluding hydrogens is 433 g/mol. The molecule has 2 amide bonds. The van der Waals surface area contributed by atoms with Crippen molar-refractivity contribution in [2.75, 3.05) is 36.0 Å². The number of piperazine rings is 1. The Kier molecular flexibility index (Phi) is 5.94. The van der Waals surface area contributed by atoms with E-state index in [0.29, 0.717) is 37.3 Å². The molecule has 2 fully saturated rings. The van der Waals surface area contributed by atoms with Crippen LogP contribution >= 0.6 is 0 Å². The molecule has 3 aromatic rings. The fraction of sp³-hybridized carbons (Fsp3) is 0.222. The second-order valence-electron chi connectivity index (χ2n) is 8.53. The van der Waals surface area contributed by atoms with Gasteiger partial charge in [0.1, 0.15) is 5.82 Å². The summed E-state index contributed by atoms with van der Waals surface area (Å²) in [4.78, 5) is 43.5. The first-order valence-corrected chi connectivity index (χ1v) is 11.3. The van der Waals surface area contributed by atoms with Gasteiger partial charge in [-0.2, -0.15) is 0 Å². The molecule has 0 radical (unpaired) electrons. The molecule has 0 aromatic heterocycles. The van der Waals surface area contributed by atoms with E-state index in [2.05, 4.69) is 4.90 Å². The van der Waals surface area contributed by atoms with Crippen molar-refractivity contribution in [2.24, 2.45) is 0 Å². The predicted octanol–water partition coefficient (Wildman–Crippen LogP) is 3.51. The molecule has 3 aromatic carbocycles. The van der Waals surface area contributed by atoms with Gasteiger partial charge in [0.2, 0.25) is 5.91 Å². The zero-order chi connectivity index (χ0) is 23.7. The van der Waals surface area contributed by atoms with Crippen molar-refractivity contribution in [1.29, 1.82) is 0 Å². The van der Waals surface area contributed by atoms with Crippen LogP contribution in [0, 0.1) is 5.82 Å². The average Bonchev–Trinajstić information content (AvgIpc) is 3.18. The molecule has 0 spiro atoms. The van der Waals surface area contributed by atoms with Crippen molar-refractivity contribution in [3.05, 3.63) is 95.8 Å². The molecule has 34 heavy (non-hydrogen) atoms. The van der Waals surface area contributed by atoms with Crippen LogP contribution < -0.4 is 9.80 Å². The fourth-order valence-electron chi connectivity index (χ4n) is 4.66. The van der Waals surface area contributed by atoms with Crippen molar-refractivity contribution < 1.29 is 18.8 Å². The lowest BCUT2D eigenvalue weighted by Gasteiger charge is -2.38. The van der Waals surface area contributed by atoms with E-state index >= 15 is 0 Å². The zero-order valence-corrected chi connectivity index (χ0v) is 18.6. The molecule has 6 nitrogen and oxygen atoms in total. The Morgan fingerprint density at radius 3 is 2.12 bits per heavy atom. The Hall–Kier alpha value is -3.84. The first-order valence-electron chi connectivity index (χ1n) is 11.3. The minimum absolute atomic E-state index is 0.00997. The SMILES string of the molecule is O=C(c1ccccc1)c1ccc(N2CCN([C@H]3CC(=O)N(c4cccc(F)c4)C3=O)CC2)cc1. The van der Waals surface area contributed by atoms with Gasteiger partial charge in [0, 0.05) is 43.0 Å². The molecule has 0 unspecified atom stereocenters. The third kappa shape index (κ3) is 4.22. The van der Waals surface area contributed by atoms with E-state index in [1.807, 2.05) is 47.4 Å². The molecule has 0 saturated carbocycles. The van der Waals surface area contributed by atoms with Crippen LogP contribution in [0.25, 0.3) is 0 Å². The standard InChI is InChI=1S/C27H24FN3O3/c28-21-7-4-8-23(17-21)31-25(32)18-24(27(31)34)30-15-13-29(14-16-30)22-11-9-20(10-12-22)26(33)19-5-2-1-3-6-19/h1-12,17,24H,13-16,18H2/t24-/m0/s1. The third-order valence-electron chi connectivity index (χ3n) is 6.47. The monoisotopic (exact) mass is 457 g/mol. The van der Waals surface area contributed by atoms with Gasteiger partial charge in [-0.05, 0) is 42.5 Å². The van der Waals surface area contributed by atoms with Crippen LogP contribution in [-0.2, 0) is 9.59 Å². The largest absolute Gasteiger partial charge is 0.369 e. The van der Waals surface area contributed by atoms with E-state index in [0.717, 1.165) is 10.6 Å². The van der Waals surface area contributed by atoms with Crippen LogP contribution in [-0.4, -0.2) is 54.7 Å². The van der Waals surface area contributed by atoms with E-state index in [1.54, 1.807) is 18.2 Å². The lowest BCUT2D eigenvalue weighted by atomic mass is 10.0.